The molecular formula is C20H29N3O3S. The lowest BCUT2D eigenvalue weighted by Gasteiger charge is -2.37. The van der Waals surface area contributed by atoms with E-state index in [4.69, 9.17) is 4.74 Å². The molecule has 2 saturated heterocycles. The minimum absolute atomic E-state index is 0.00928. The smallest absolute Gasteiger partial charge is 0.227 e. The van der Waals surface area contributed by atoms with Gasteiger partial charge in [0.1, 0.15) is 0 Å². The number of anilines is 1. The van der Waals surface area contributed by atoms with Crippen molar-refractivity contribution in [1.29, 1.82) is 0 Å². The van der Waals surface area contributed by atoms with Gasteiger partial charge in [0, 0.05) is 42.6 Å². The zero-order chi connectivity index (χ0) is 19.3. The van der Waals surface area contributed by atoms with Crippen LogP contribution in [0.2, 0.25) is 0 Å². The molecule has 27 heavy (non-hydrogen) atoms. The molecule has 2 fully saturated rings. The van der Waals surface area contributed by atoms with E-state index in [2.05, 4.69) is 10.6 Å². The topological polar surface area (TPSA) is 70.7 Å². The average Bonchev–Trinajstić information content (AvgIpc) is 3.09. The summed E-state index contributed by atoms with van der Waals surface area (Å²) in [6.45, 7) is 3.59. The Hall–Kier alpha value is -1.57. The zero-order valence-corrected chi connectivity index (χ0v) is 16.9. The van der Waals surface area contributed by atoms with Gasteiger partial charge in [0.15, 0.2) is 0 Å². The first kappa shape index (κ1) is 20.2. The van der Waals surface area contributed by atoms with Crippen LogP contribution >= 0.6 is 11.8 Å². The lowest BCUT2D eigenvalue weighted by molar-refractivity contribution is -0.127. The van der Waals surface area contributed by atoms with Gasteiger partial charge in [-0.3, -0.25) is 9.59 Å². The quantitative estimate of drug-likeness (QED) is 0.695. The molecule has 0 aliphatic carbocycles. The number of rotatable bonds is 7. The summed E-state index contributed by atoms with van der Waals surface area (Å²) in [6.07, 6.45) is 4.25. The minimum atomic E-state index is -0.295. The van der Waals surface area contributed by atoms with Gasteiger partial charge >= 0.3 is 0 Å². The van der Waals surface area contributed by atoms with E-state index in [-0.39, 0.29) is 29.6 Å². The summed E-state index contributed by atoms with van der Waals surface area (Å²) in [5.74, 6) is -0.306. The van der Waals surface area contributed by atoms with E-state index in [0.29, 0.717) is 19.7 Å². The summed E-state index contributed by atoms with van der Waals surface area (Å²) in [7, 11) is 1.71. The maximum Gasteiger partial charge on any atom is 0.227 e. The molecule has 3 rings (SSSR count). The molecule has 148 valence electrons. The largest absolute Gasteiger partial charge is 0.384 e. The number of benzene rings is 1. The molecule has 7 heteroatoms. The van der Waals surface area contributed by atoms with Gasteiger partial charge in [-0.1, -0.05) is 6.07 Å². The predicted molar refractivity (Wildman–Crippen MR) is 108 cm³/mol. The molecule has 2 aliphatic rings. The highest BCUT2D eigenvalue weighted by Gasteiger charge is 2.37. The van der Waals surface area contributed by atoms with Crippen molar-refractivity contribution in [3.05, 3.63) is 24.3 Å². The first-order chi connectivity index (χ1) is 13.1. The summed E-state index contributed by atoms with van der Waals surface area (Å²) in [4.78, 5) is 28.0. The third-order valence-electron chi connectivity index (χ3n) is 5.61. The number of thioether (sulfide) groups is 1. The highest BCUT2D eigenvalue weighted by molar-refractivity contribution is 7.98. The van der Waals surface area contributed by atoms with Gasteiger partial charge in [-0.25, -0.2) is 0 Å². The molecule has 1 aromatic rings. The Bertz CT molecular complexity index is 671. The molecule has 2 heterocycles. The summed E-state index contributed by atoms with van der Waals surface area (Å²) in [5.41, 5.74) is 0.862. The van der Waals surface area contributed by atoms with E-state index in [0.717, 1.165) is 36.5 Å². The Morgan fingerprint density at radius 1 is 1.41 bits per heavy atom. The third-order valence-corrected chi connectivity index (χ3v) is 6.34. The van der Waals surface area contributed by atoms with Crippen LogP contribution < -0.4 is 15.5 Å². The van der Waals surface area contributed by atoms with Crippen LogP contribution in [0.3, 0.4) is 0 Å². The second-order valence-electron chi connectivity index (χ2n) is 7.51. The number of methoxy groups -OCH3 is 1. The molecule has 1 unspecified atom stereocenters. The molecule has 0 saturated carbocycles. The summed E-state index contributed by atoms with van der Waals surface area (Å²) in [6, 6.07) is 7.91. The molecule has 2 amide bonds. The van der Waals surface area contributed by atoms with Crippen molar-refractivity contribution in [3.8, 4) is 0 Å². The average molecular weight is 392 g/mol. The standard InChI is InChI=1S/C20H29N3O3S/c1-26-14-20(6-8-21-9-7-20)13-22-19(25)15-10-18(24)23(12-15)16-4-3-5-17(11-16)27-2/h3-5,11,15,21H,6-10,12-14H2,1-2H3,(H,22,25). The molecule has 2 N–H and O–H groups in total. The van der Waals surface area contributed by atoms with Crippen molar-refractivity contribution < 1.29 is 14.3 Å². The van der Waals surface area contributed by atoms with Crippen LogP contribution in [0.1, 0.15) is 19.3 Å². The Kier molecular flexibility index (Phi) is 6.78. The Balaban J connectivity index is 1.60. The number of hydrogen-bond acceptors (Lipinski definition) is 5. The number of nitrogens with zero attached hydrogens (tertiary/aromatic N) is 1. The molecule has 0 bridgehead atoms. The first-order valence-corrected chi connectivity index (χ1v) is 10.7. The lowest BCUT2D eigenvalue weighted by Crippen LogP contribution is -2.48. The normalized spacial score (nSPS) is 22.1. The highest BCUT2D eigenvalue weighted by Crippen LogP contribution is 2.30. The SMILES string of the molecule is COCC1(CNC(=O)C2CC(=O)N(c3cccc(SC)c3)C2)CCNCC1. The van der Waals surface area contributed by atoms with E-state index in [9.17, 15) is 9.59 Å². The minimum Gasteiger partial charge on any atom is -0.384 e. The number of nitrogens with one attached hydrogen (secondary N) is 2. The second kappa shape index (κ2) is 9.08. The summed E-state index contributed by atoms with van der Waals surface area (Å²) in [5, 5.41) is 6.46. The molecule has 6 nitrogen and oxygen atoms in total. The van der Waals surface area contributed by atoms with E-state index in [1.807, 2.05) is 30.5 Å². The zero-order valence-electron chi connectivity index (χ0n) is 16.1. The van der Waals surface area contributed by atoms with Crippen molar-refractivity contribution in [3.63, 3.8) is 0 Å². The number of carbonyl (C=O) groups excluding carboxylic acids is 2. The Morgan fingerprint density at radius 3 is 2.89 bits per heavy atom. The van der Waals surface area contributed by atoms with Crippen molar-refractivity contribution >= 4 is 29.3 Å². The van der Waals surface area contributed by atoms with Crippen molar-refractivity contribution in [2.75, 3.05) is 51.1 Å². The Labute approximate surface area is 165 Å². The van der Waals surface area contributed by atoms with Crippen LogP contribution in [0.15, 0.2) is 29.2 Å². The fourth-order valence-corrected chi connectivity index (χ4v) is 4.42. The first-order valence-electron chi connectivity index (χ1n) is 9.49. The van der Waals surface area contributed by atoms with Crippen LogP contribution in [0, 0.1) is 11.3 Å². The Morgan fingerprint density at radius 2 is 2.19 bits per heavy atom. The monoisotopic (exact) mass is 391 g/mol. The number of hydrogen-bond donors (Lipinski definition) is 2. The predicted octanol–water partition coefficient (Wildman–Crippen LogP) is 1.89. The number of piperidine rings is 1. The summed E-state index contributed by atoms with van der Waals surface area (Å²) >= 11 is 1.64. The van der Waals surface area contributed by atoms with E-state index in [1.165, 1.54) is 0 Å². The van der Waals surface area contributed by atoms with Gasteiger partial charge in [-0.2, -0.15) is 0 Å². The molecular weight excluding hydrogens is 362 g/mol. The van der Waals surface area contributed by atoms with Gasteiger partial charge in [0.05, 0.1) is 12.5 Å². The van der Waals surface area contributed by atoms with Gasteiger partial charge in [-0.05, 0) is 50.4 Å². The van der Waals surface area contributed by atoms with E-state index >= 15 is 0 Å². The molecule has 0 aromatic heterocycles. The maximum atomic E-state index is 12.7. The van der Waals surface area contributed by atoms with Crippen LogP contribution in [0.4, 0.5) is 5.69 Å². The van der Waals surface area contributed by atoms with Gasteiger partial charge in [0.2, 0.25) is 11.8 Å². The molecule has 1 atom stereocenters. The van der Waals surface area contributed by atoms with Gasteiger partial charge in [-0.15, -0.1) is 11.8 Å². The van der Waals surface area contributed by atoms with E-state index in [1.54, 1.807) is 23.8 Å². The molecule has 0 radical (unpaired) electrons. The van der Waals surface area contributed by atoms with Gasteiger partial charge < -0.3 is 20.3 Å². The van der Waals surface area contributed by atoms with Crippen LogP contribution in [0.5, 0.6) is 0 Å². The lowest BCUT2D eigenvalue weighted by atomic mass is 9.79. The molecule has 1 aromatic carbocycles. The second-order valence-corrected chi connectivity index (χ2v) is 8.39. The van der Waals surface area contributed by atoms with Crippen LogP contribution in [0.25, 0.3) is 0 Å². The summed E-state index contributed by atoms with van der Waals surface area (Å²) < 4.78 is 5.41. The van der Waals surface area contributed by atoms with E-state index < -0.39 is 0 Å². The van der Waals surface area contributed by atoms with Crippen molar-refractivity contribution in [1.82, 2.24) is 10.6 Å². The van der Waals surface area contributed by atoms with Gasteiger partial charge in [0.25, 0.3) is 0 Å². The number of ether oxygens (including phenoxy) is 1. The maximum absolute atomic E-state index is 12.7. The van der Waals surface area contributed by atoms with Crippen molar-refractivity contribution in [2.24, 2.45) is 11.3 Å². The highest BCUT2D eigenvalue weighted by atomic mass is 32.2. The molecule has 2 aliphatic heterocycles. The fraction of sp³-hybridized carbons (Fsp3) is 0.600. The van der Waals surface area contributed by atoms with Crippen LogP contribution in [-0.4, -0.2) is 58.0 Å². The van der Waals surface area contributed by atoms with Crippen LogP contribution in [-0.2, 0) is 14.3 Å². The number of amides is 2. The number of carbonyl (C=O) groups is 2. The fourth-order valence-electron chi connectivity index (χ4n) is 3.97. The van der Waals surface area contributed by atoms with Crippen molar-refractivity contribution in [2.45, 2.75) is 24.2 Å². The third kappa shape index (κ3) is 4.83. The molecule has 0 spiro atoms.